The van der Waals surface area contributed by atoms with Gasteiger partial charge in [0.2, 0.25) is 15.6 Å². The molecule has 0 fully saturated rings. The van der Waals surface area contributed by atoms with Crippen LogP contribution in [0.3, 0.4) is 0 Å². The summed E-state index contributed by atoms with van der Waals surface area (Å²) >= 11 is 1.16. The number of H-pyrrole nitrogens is 1. The molecule has 122 valence electrons. The number of aromatic amines is 1. The van der Waals surface area contributed by atoms with Gasteiger partial charge in [-0.1, -0.05) is 18.2 Å². The van der Waals surface area contributed by atoms with Gasteiger partial charge < -0.3 is 0 Å². The average Bonchev–Trinajstić information content (AvgIpc) is 3.26. The van der Waals surface area contributed by atoms with E-state index in [2.05, 4.69) is 15.2 Å². The van der Waals surface area contributed by atoms with E-state index in [-0.39, 0.29) is 22.0 Å². The summed E-state index contributed by atoms with van der Waals surface area (Å²) in [5, 5.41) is 8.86. The first kappa shape index (κ1) is 16.2. The highest BCUT2D eigenvalue weighted by atomic mass is 32.2. The fourth-order valence-corrected chi connectivity index (χ4v) is 4.81. The third-order valence-corrected chi connectivity index (χ3v) is 6.07. The van der Waals surface area contributed by atoms with Crippen molar-refractivity contribution in [3.05, 3.63) is 58.8 Å². The van der Waals surface area contributed by atoms with Crippen LogP contribution in [0.1, 0.15) is 16.2 Å². The zero-order chi connectivity index (χ0) is 17.2. The molecular formula is C15H11N3O4S2. The molecule has 0 bridgehead atoms. The molecule has 0 radical (unpaired) electrons. The molecule has 0 spiro atoms. The number of carbonyl (C=O) groups is 2. The number of nitrogens with one attached hydrogen (secondary N) is 1. The van der Waals surface area contributed by atoms with Gasteiger partial charge in [0, 0.05) is 11.8 Å². The van der Waals surface area contributed by atoms with Crippen molar-refractivity contribution < 1.29 is 18.0 Å². The van der Waals surface area contributed by atoms with E-state index in [1.807, 2.05) is 0 Å². The van der Waals surface area contributed by atoms with Crippen molar-refractivity contribution in [2.75, 3.05) is 0 Å². The van der Waals surface area contributed by atoms with Gasteiger partial charge in [-0.15, -0.1) is 0 Å². The molecule has 1 aromatic carbocycles. The maximum absolute atomic E-state index is 12.7. The lowest BCUT2D eigenvalue weighted by molar-refractivity contribution is -0.114. The van der Waals surface area contributed by atoms with Crippen LogP contribution in [0.2, 0.25) is 0 Å². The summed E-state index contributed by atoms with van der Waals surface area (Å²) in [4.78, 5) is 27.8. The number of benzene rings is 1. The summed E-state index contributed by atoms with van der Waals surface area (Å²) in [6.07, 6.45) is 0.806. The molecular weight excluding hydrogens is 350 g/mol. The fraction of sp³-hybridized carbons (Fsp3) is 0.0667. The number of aromatic nitrogens is 3. The molecule has 0 saturated carbocycles. The minimum Gasteiger partial charge on any atom is -0.290 e. The second-order valence-corrected chi connectivity index (χ2v) is 7.50. The number of ketones is 2. The number of Topliss-reactive ketones (excluding diaryl/α,β-unsaturated/α-hetero) is 2. The first-order valence-electron chi connectivity index (χ1n) is 6.78. The minimum absolute atomic E-state index is 0.0393. The van der Waals surface area contributed by atoms with Crippen LogP contribution in [0.25, 0.3) is 0 Å². The highest BCUT2D eigenvalue weighted by molar-refractivity contribution is 7.91. The van der Waals surface area contributed by atoms with Crippen LogP contribution in [0.4, 0.5) is 0 Å². The smallest absolute Gasteiger partial charge is 0.265 e. The monoisotopic (exact) mass is 361 g/mol. The number of hydrogen-bond acceptors (Lipinski definition) is 7. The Morgan fingerprint density at radius 3 is 2.54 bits per heavy atom. The van der Waals surface area contributed by atoms with Gasteiger partial charge in [-0.2, -0.15) is 16.4 Å². The third kappa shape index (κ3) is 3.03. The lowest BCUT2D eigenvalue weighted by atomic mass is 10.1. The van der Waals surface area contributed by atoms with Crippen molar-refractivity contribution in [3.8, 4) is 0 Å². The van der Waals surface area contributed by atoms with E-state index in [1.165, 1.54) is 17.5 Å². The molecule has 0 amide bonds. The van der Waals surface area contributed by atoms with Gasteiger partial charge >= 0.3 is 0 Å². The predicted molar refractivity (Wildman–Crippen MR) is 85.6 cm³/mol. The standard InChI is InChI=1S/C15H11N3O4S2/c19-12(14(20)15-16-9-17-18-15)6-10-7-23-8-13(10)24(21,22)11-4-2-1-3-5-11/h1-5,7-9H,6H2,(H,16,17,18). The second kappa shape index (κ2) is 6.46. The molecule has 24 heavy (non-hydrogen) atoms. The molecule has 0 aliphatic carbocycles. The Morgan fingerprint density at radius 1 is 1.12 bits per heavy atom. The highest BCUT2D eigenvalue weighted by Gasteiger charge is 2.26. The Morgan fingerprint density at radius 2 is 1.88 bits per heavy atom. The number of nitrogens with zero attached hydrogens (tertiary/aromatic N) is 2. The van der Waals surface area contributed by atoms with E-state index in [0.717, 1.165) is 17.7 Å². The number of sulfone groups is 1. The van der Waals surface area contributed by atoms with Crippen LogP contribution in [0, 0.1) is 0 Å². The van der Waals surface area contributed by atoms with Crippen molar-refractivity contribution >= 4 is 32.7 Å². The Kier molecular flexibility index (Phi) is 4.36. The van der Waals surface area contributed by atoms with E-state index in [1.54, 1.807) is 23.6 Å². The van der Waals surface area contributed by atoms with E-state index in [0.29, 0.717) is 5.56 Å². The van der Waals surface area contributed by atoms with E-state index < -0.39 is 21.4 Å². The summed E-state index contributed by atoms with van der Waals surface area (Å²) in [6, 6.07) is 7.93. The minimum atomic E-state index is -3.74. The molecule has 0 atom stereocenters. The molecule has 0 saturated heterocycles. The van der Waals surface area contributed by atoms with Crippen LogP contribution in [-0.4, -0.2) is 35.2 Å². The van der Waals surface area contributed by atoms with Gasteiger partial charge in [0.1, 0.15) is 6.33 Å². The number of hydrogen-bond donors (Lipinski definition) is 1. The molecule has 0 aliphatic rings. The normalized spacial score (nSPS) is 11.3. The molecule has 7 nitrogen and oxygen atoms in total. The Balaban J connectivity index is 1.89. The quantitative estimate of drug-likeness (QED) is 0.528. The largest absolute Gasteiger partial charge is 0.290 e. The number of thiophene rings is 1. The maximum Gasteiger partial charge on any atom is 0.265 e. The van der Waals surface area contributed by atoms with Crippen molar-refractivity contribution in [2.45, 2.75) is 16.2 Å². The highest BCUT2D eigenvalue weighted by Crippen LogP contribution is 2.27. The zero-order valence-electron chi connectivity index (χ0n) is 12.2. The molecule has 0 aliphatic heterocycles. The summed E-state index contributed by atoms with van der Waals surface area (Å²) in [7, 11) is -3.74. The van der Waals surface area contributed by atoms with Crippen LogP contribution < -0.4 is 0 Å². The predicted octanol–water partition coefficient (Wildman–Crippen LogP) is 1.69. The first-order chi connectivity index (χ1) is 11.5. The third-order valence-electron chi connectivity index (χ3n) is 3.28. The van der Waals surface area contributed by atoms with Crippen molar-refractivity contribution in [1.29, 1.82) is 0 Å². The Hall–Kier alpha value is -2.65. The second-order valence-electron chi connectivity index (χ2n) is 4.84. The van der Waals surface area contributed by atoms with Crippen LogP contribution in [0.5, 0.6) is 0 Å². The molecule has 9 heteroatoms. The number of carbonyl (C=O) groups excluding carboxylic acids is 2. The van der Waals surface area contributed by atoms with E-state index in [9.17, 15) is 18.0 Å². The van der Waals surface area contributed by atoms with Crippen LogP contribution in [0.15, 0.2) is 57.2 Å². The van der Waals surface area contributed by atoms with Gasteiger partial charge in [0.25, 0.3) is 5.78 Å². The SMILES string of the molecule is O=C(Cc1cscc1S(=O)(=O)c1ccccc1)C(=O)c1ncn[nH]1. The topological polar surface area (TPSA) is 110 Å². The number of rotatable bonds is 6. The zero-order valence-corrected chi connectivity index (χ0v) is 13.8. The summed E-state index contributed by atoms with van der Waals surface area (Å²) < 4.78 is 25.4. The molecule has 3 rings (SSSR count). The van der Waals surface area contributed by atoms with Gasteiger partial charge in [-0.05, 0) is 23.1 Å². The van der Waals surface area contributed by atoms with E-state index in [4.69, 9.17) is 0 Å². The fourth-order valence-electron chi connectivity index (χ4n) is 2.10. The van der Waals surface area contributed by atoms with Gasteiger partial charge in [-0.25, -0.2) is 13.4 Å². The molecule has 1 N–H and O–H groups in total. The van der Waals surface area contributed by atoms with Crippen LogP contribution >= 0.6 is 11.3 Å². The van der Waals surface area contributed by atoms with Gasteiger partial charge in [0.05, 0.1) is 9.79 Å². The molecule has 3 aromatic rings. The van der Waals surface area contributed by atoms with Gasteiger partial charge in [0.15, 0.2) is 5.82 Å². The Bertz CT molecular complexity index is 977. The van der Waals surface area contributed by atoms with Crippen LogP contribution in [-0.2, 0) is 21.1 Å². The average molecular weight is 361 g/mol. The Labute approximate surface area is 141 Å². The lowest BCUT2D eigenvalue weighted by Crippen LogP contribution is -2.19. The van der Waals surface area contributed by atoms with Gasteiger partial charge in [-0.3, -0.25) is 14.7 Å². The summed E-state index contributed by atoms with van der Waals surface area (Å²) in [5.41, 5.74) is 0.293. The first-order valence-corrected chi connectivity index (χ1v) is 9.21. The van der Waals surface area contributed by atoms with E-state index >= 15 is 0 Å². The van der Waals surface area contributed by atoms with Crippen molar-refractivity contribution in [2.24, 2.45) is 0 Å². The lowest BCUT2D eigenvalue weighted by Gasteiger charge is -2.05. The maximum atomic E-state index is 12.7. The molecule has 2 heterocycles. The van der Waals surface area contributed by atoms with Crippen molar-refractivity contribution in [1.82, 2.24) is 15.2 Å². The molecule has 0 unspecified atom stereocenters. The summed E-state index contributed by atoms with van der Waals surface area (Å²) in [5.74, 6) is -1.75. The molecule has 2 aromatic heterocycles. The van der Waals surface area contributed by atoms with Crippen molar-refractivity contribution in [3.63, 3.8) is 0 Å². The summed E-state index contributed by atoms with van der Waals surface area (Å²) in [6.45, 7) is 0.